The Labute approximate surface area is 131 Å². The first-order valence-corrected chi connectivity index (χ1v) is 7.34. The van der Waals surface area contributed by atoms with E-state index in [-0.39, 0.29) is 11.9 Å². The molecular formula is C19H21NO2. The molecule has 2 aromatic carbocycles. The molecule has 0 aliphatic rings. The van der Waals surface area contributed by atoms with Gasteiger partial charge in [0.2, 0.25) is 5.91 Å². The second-order valence-electron chi connectivity index (χ2n) is 5.21. The molecule has 0 heterocycles. The quantitative estimate of drug-likeness (QED) is 0.829. The van der Waals surface area contributed by atoms with E-state index >= 15 is 0 Å². The van der Waals surface area contributed by atoms with Gasteiger partial charge in [-0.05, 0) is 42.7 Å². The zero-order valence-electron chi connectivity index (χ0n) is 13.0. The fourth-order valence-corrected chi connectivity index (χ4v) is 2.20. The molecule has 0 saturated carbocycles. The standard InChI is InChI=1S/C19H21NO2/c1-15(14-17-6-4-3-5-7-17)20-19(21)13-10-16-8-11-18(22-2)12-9-16/h3-13,15H,14H2,1-2H3,(H,20,21)/b13-10+/t15-/m0/s1. The lowest BCUT2D eigenvalue weighted by molar-refractivity contribution is -0.117. The van der Waals surface area contributed by atoms with Gasteiger partial charge < -0.3 is 10.1 Å². The second kappa shape index (κ2) is 8.03. The summed E-state index contributed by atoms with van der Waals surface area (Å²) in [5.41, 5.74) is 2.18. The lowest BCUT2D eigenvalue weighted by atomic mass is 10.1. The molecule has 0 spiro atoms. The number of methoxy groups -OCH3 is 1. The molecule has 0 bridgehead atoms. The highest BCUT2D eigenvalue weighted by atomic mass is 16.5. The summed E-state index contributed by atoms with van der Waals surface area (Å²) in [4.78, 5) is 11.9. The minimum Gasteiger partial charge on any atom is -0.497 e. The molecule has 0 aliphatic carbocycles. The third-order valence-electron chi connectivity index (χ3n) is 3.32. The Morgan fingerprint density at radius 2 is 1.82 bits per heavy atom. The lowest BCUT2D eigenvalue weighted by Gasteiger charge is -2.12. The van der Waals surface area contributed by atoms with E-state index in [9.17, 15) is 4.79 Å². The van der Waals surface area contributed by atoms with E-state index in [4.69, 9.17) is 4.74 Å². The normalized spacial score (nSPS) is 12.1. The van der Waals surface area contributed by atoms with Gasteiger partial charge in [0.1, 0.15) is 5.75 Å². The highest BCUT2D eigenvalue weighted by molar-refractivity contribution is 5.91. The third kappa shape index (κ3) is 5.09. The summed E-state index contributed by atoms with van der Waals surface area (Å²) in [6.45, 7) is 2.01. The summed E-state index contributed by atoms with van der Waals surface area (Å²) in [5.74, 6) is 0.720. The highest BCUT2D eigenvalue weighted by Gasteiger charge is 2.05. The Hall–Kier alpha value is -2.55. The van der Waals surface area contributed by atoms with Crippen molar-refractivity contribution in [1.82, 2.24) is 5.32 Å². The van der Waals surface area contributed by atoms with Crippen LogP contribution in [0, 0.1) is 0 Å². The number of hydrogen-bond donors (Lipinski definition) is 1. The van der Waals surface area contributed by atoms with E-state index in [0.29, 0.717) is 0 Å². The number of benzene rings is 2. The maximum Gasteiger partial charge on any atom is 0.244 e. The number of nitrogens with one attached hydrogen (secondary N) is 1. The van der Waals surface area contributed by atoms with Gasteiger partial charge in [-0.15, -0.1) is 0 Å². The first kappa shape index (κ1) is 15.8. The predicted molar refractivity (Wildman–Crippen MR) is 89.8 cm³/mol. The van der Waals surface area contributed by atoms with Gasteiger partial charge in [0.15, 0.2) is 0 Å². The average molecular weight is 295 g/mol. The van der Waals surface area contributed by atoms with E-state index in [0.717, 1.165) is 17.7 Å². The number of hydrogen-bond acceptors (Lipinski definition) is 2. The molecule has 2 aromatic rings. The van der Waals surface area contributed by atoms with Gasteiger partial charge in [-0.2, -0.15) is 0 Å². The molecule has 0 unspecified atom stereocenters. The SMILES string of the molecule is COc1ccc(/C=C/C(=O)N[C@@H](C)Cc2ccccc2)cc1. The molecule has 3 nitrogen and oxygen atoms in total. The molecule has 0 aliphatic heterocycles. The van der Waals surface area contributed by atoms with Crippen molar-refractivity contribution >= 4 is 12.0 Å². The van der Waals surface area contributed by atoms with Crippen LogP contribution in [0.15, 0.2) is 60.7 Å². The summed E-state index contributed by atoms with van der Waals surface area (Å²) in [5, 5.41) is 2.97. The zero-order valence-corrected chi connectivity index (χ0v) is 13.0. The number of carbonyl (C=O) groups is 1. The third-order valence-corrected chi connectivity index (χ3v) is 3.32. The van der Waals surface area contributed by atoms with Crippen molar-refractivity contribution in [1.29, 1.82) is 0 Å². The molecular weight excluding hydrogens is 274 g/mol. The molecule has 22 heavy (non-hydrogen) atoms. The van der Waals surface area contributed by atoms with Crippen molar-refractivity contribution < 1.29 is 9.53 Å². The molecule has 114 valence electrons. The molecule has 2 rings (SSSR count). The number of rotatable bonds is 6. The van der Waals surface area contributed by atoms with Crippen LogP contribution >= 0.6 is 0 Å². The monoisotopic (exact) mass is 295 g/mol. The fraction of sp³-hybridized carbons (Fsp3) is 0.211. The van der Waals surface area contributed by atoms with Crippen LogP contribution in [0.1, 0.15) is 18.1 Å². The molecule has 3 heteroatoms. The maximum absolute atomic E-state index is 11.9. The molecule has 0 radical (unpaired) electrons. The van der Waals surface area contributed by atoms with Crippen LogP contribution in [0.5, 0.6) is 5.75 Å². The van der Waals surface area contributed by atoms with E-state index in [2.05, 4.69) is 17.4 Å². The number of carbonyl (C=O) groups excluding carboxylic acids is 1. The van der Waals surface area contributed by atoms with Crippen LogP contribution in [0.3, 0.4) is 0 Å². The molecule has 1 atom stereocenters. The Balaban J connectivity index is 1.84. The van der Waals surface area contributed by atoms with Crippen molar-refractivity contribution in [3.05, 3.63) is 71.8 Å². The van der Waals surface area contributed by atoms with E-state index in [1.165, 1.54) is 5.56 Å². The number of ether oxygens (including phenoxy) is 1. The van der Waals surface area contributed by atoms with Crippen molar-refractivity contribution in [2.45, 2.75) is 19.4 Å². The summed E-state index contributed by atoms with van der Waals surface area (Å²) in [6, 6.07) is 17.8. The van der Waals surface area contributed by atoms with Crippen LogP contribution in [-0.2, 0) is 11.2 Å². The summed E-state index contributed by atoms with van der Waals surface area (Å²) in [7, 11) is 1.63. The van der Waals surface area contributed by atoms with Gasteiger partial charge in [0.05, 0.1) is 7.11 Å². The van der Waals surface area contributed by atoms with Crippen LogP contribution in [0.25, 0.3) is 6.08 Å². The van der Waals surface area contributed by atoms with Gasteiger partial charge in [-0.25, -0.2) is 0 Å². The Morgan fingerprint density at radius 1 is 1.14 bits per heavy atom. The molecule has 1 N–H and O–H groups in total. The maximum atomic E-state index is 11.9. The summed E-state index contributed by atoms with van der Waals surface area (Å²) in [6.07, 6.45) is 4.18. The predicted octanol–water partition coefficient (Wildman–Crippen LogP) is 3.46. The Kier molecular flexibility index (Phi) is 5.78. The topological polar surface area (TPSA) is 38.3 Å². The first-order valence-electron chi connectivity index (χ1n) is 7.34. The Morgan fingerprint density at radius 3 is 2.45 bits per heavy atom. The van der Waals surface area contributed by atoms with Crippen LogP contribution in [-0.4, -0.2) is 19.1 Å². The fourth-order valence-electron chi connectivity index (χ4n) is 2.20. The zero-order chi connectivity index (χ0) is 15.8. The van der Waals surface area contributed by atoms with Gasteiger partial charge in [-0.1, -0.05) is 42.5 Å². The van der Waals surface area contributed by atoms with Gasteiger partial charge in [0.25, 0.3) is 0 Å². The molecule has 0 fully saturated rings. The van der Waals surface area contributed by atoms with Gasteiger partial charge in [0, 0.05) is 12.1 Å². The van der Waals surface area contributed by atoms with E-state index in [1.54, 1.807) is 19.3 Å². The van der Waals surface area contributed by atoms with Crippen molar-refractivity contribution in [3.8, 4) is 5.75 Å². The van der Waals surface area contributed by atoms with Crippen molar-refractivity contribution in [2.75, 3.05) is 7.11 Å². The number of amides is 1. The van der Waals surface area contributed by atoms with Crippen molar-refractivity contribution in [2.24, 2.45) is 0 Å². The molecule has 0 saturated heterocycles. The second-order valence-corrected chi connectivity index (χ2v) is 5.21. The minimum absolute atomic E-state index is 0.0840. The minimum atomic E-state index is -0.0840. The van der Waals surface area contributed by atoms with Crippen LogP contribution in [0.4, 0.5) is 0 Å². The summed E-state index contributed by atoms with van der Waals surface area (Å²) >= 11 is 0. The Bertz CT molecular complexity index is 618. The smallest absolute Gasteiger partial charge is 0.244 e. The largest absolute Gasteiger partial charge is 0.497 e. The van der Waals surface area contributed by atoms with Gasteiger partial charge in [-0.3, -0.25) is 4.79 Å². The van der Waals surface area contributed by atoms with E-state index in [1.807, 2.05) is 49.4 Å². The van der Waals surface area contributed by atoms with Crippen LogP contribution < -0.4 is 10.1 Å². The van der Waals surface area contributed by atoms with Crippen LogP contribution in [0.2, 0.25) is 0 Å². The first-order chi connectivity index (χ1) is 10.7. The molecule has 0 aromatic heterocycles. The average Bonchev–Trinajstić information content (AvgIpc) is 2.54. The lowest BCUT2D eigenvalue weighted by Crippen LogP contribution is -2.32. The van der Waals surface area contributed by atoms with E-state index < -0.39 is 0 Å². The van der Waals surface area contributed by atoms with Gasteiger partial charge >= 0.3 is 0 Å². The van der Waals surface area contributed by atoms with Crippen molar-refractivity contribution in [3.63, 3.8) is 0 Å². The molecule has 1 amide bonds. The highest BCUT2D eigenvalue weighted by Crippen LogP contribution is 2.12. The summed E-state index contributed by atoms with van der Waals surface area (Å²) < 4.78 is 5.10.